The van der Waals surface area contributed by atoms with Crippen molar-refractivity contribution in [3.63, 3.8) is 0 Å². The van der Waals surface area contributed by atoms with Crippen LogP contribution in [0.4, 0.5) is 0 Å². The van der Waals surface area contributed by atoms with Gasteiger partial charge in [-0.05, 0) is 11.6 Å². The second-order valence-electron chi connectivity index (χ2n) is 4.15. The quantitative estimate of drug-likeness (QED) is 0.749. The maximum atomic E-state index is 9.04. The first-order chi connectivity index (χ1) is 6.61. The first kappa shape index (κ1) is 11.2. The molecular formula is C12H18OSi. The molecule has 0 heterocycles. The minimum absolute atomic E-state index is 0.282. The number of hydrogen-bond donors (Lipinski definition) is 1. The van der Waals surface area contributed by atoms with Gasteiger partial charge in [0.25, 0.3) is 0 Å². The van der Waals surface area contributed by atoms with Gasteiger partial charge in [0.1, 0.15) is 0 Å². The van der Waals surface area contributed by atoms with Crippen molar-refractivity contribution in [2.75, 3.05) is 6.61 Å². The summed E-state index contributed by atoms with van der Waals surface area (Å²) in [5.41, 5.74) is 1.22. The van der Waals surface area contributed by atoms with Crippen molar-refractivity contribution in [1.29, 1.82) is 0 Å². The Morgan fingerprint density at radius 1 is 1.36 bits per heavy atom. The molecule has 0 aliphatic carbocycles. The maximum Gasteiger partial charge on any atom is 0.0836 e. The SMILES string of the molecule is C=Cc1ccccc1[Si](C)(C)CCO. The van der Waals surface area contributed by atoms with Gasteiger partial charge >= 0.3 is 0 Å². The Bertz CT molecular complexity index is 318. The number of aliphatic hydroxyl groups excluding tert-OH is 1. The molecule has 14 heavy (non-hydrogen) atoms. The molecule has 0 aliphatic rings. The Hall–Kier alpha value is -0.863. The van der Waals surface area contributed by atoms with Crippen LogP contribution in [0.1, 0.15) is 5.56 Å². The largest absolute Gasteiger partial charge is 0.397 e. The van der Waals surface area contributed by atoms with Gasteiger partial charge in [-0.3, -0.25) is 0 Å². The molecule has 0 unspecified atom stereocenters. The van der Waals surface area contributed by atoms with Gasteiger partial charge in [-0.1, -0.05) is 55.2 Å². The van der Waals surface area contributed by atoms with E-state index in [9.17, 15) is 0 Å². The Balaban J connectivity index is 3.10. The molecule has 76 valence electrons. The Morgan fingerprint density at radius 2 is 2.00 bits per heavy atom. The normalized spacial score (nSPS) is 11.4. The zero-order valence-electron chi connectivity index (χ0n) is 8.96. The standard InChI is InChI=1S/C12H18OSi/c1-4-11-7-5-6-8-12(11)14(2,3)10-9-13/h4-8,13H,1,9-10H2,2-3H3. The zero-order valence-corrected chi connectivity index (χ0v) is 9.96. The summed E-state index contributed by atoms with van der Waals surface area (Å²) in [6.45, 7) is 8.67. The van der Waals surface area contributed by atoms with Gasteiger partial charge in [0.15, 0.2) is 0 Å². The fraction of sp³-hybridized carbons (Fsp3) is 0.333. The first-order valence-electron chi connectivity index (χ1n) is 4.94. The molecule has 1 N–H and O–H groups in total. The average Bonchev–Trinajstić information content (AvgIpc) is 2.18. The molecular weight excluding hydrogens is 188 g/mol. The highest BCUT2D eigenvalue weighted by Gasteiger charge is 2.24. The van der Waals surface area contributed by atoms with Crippen LogP contribution in [0, 0.1) is 0 Å². The zero-order chi connectivity index (χ0) is 10.6. The lowest BCUT2D eigenvalue weighted by atomic mass is 10.2. The van der Waals surface area contributed by atoms with E-state index in [2.05, 4.69) is 37.9 Å². The summed E-state index contributed by atoms with van der Waals surface area (Å²) in [6, 6.07) is 9.27. The summed E-state index contributed by atoms with van der Waals surface area (Å²) < 4.78 is 0. The van der Waals surface area contributed by atoms with Crippen molar-refractivity contribution in [3.8, 4) is 0 Å². The van der Waals surface area contributed by atoms with Gasteiger partial charge in [-0.15, -0.1) is 0 Å². The van der Waals surface area contributed by atoms with E-state index in [0.29, 0.717) is 0 Å². The molecule has 2 heteroatoms. The van der Waals surface area contributed by atoms with E-state index in [1.54, 1.807) is 0 Å². The van der Waals surface area contributed by atoms with Crippen LogP contribution in [0.2, 0.25) is 19.1 Å². The van der Waals surface area contributed by atoms with Gasteiger partial charge in [0.05, 0.1) is 8.07 Å². The summed E-state index contributed by atoms with van der Waals surface area (Å²) in [5, 5.41) is 10.4. The predicted molar refractivity (Wildman–Crippen MR) is 65.5 cm³/mol. The van der Waals surface area contributed by atoms with E-state index >= 15 is 0 Å². The van der Waals surface area contributed by atoms with Gasteiger partial charge in [0.2, 0.25) is 0 Å². The number of aliphatic hydroxyl groups is 1. The van der Waals surface area contributed by atoms with Gasteiger partial charge < -0.3 is 5.11 Å². The van der Waals surface area contributed by atoms with Crippen LogP contribution >= 0.6 is 0 Å². The molecule has 0 saturated heterocycles. The third kappa shape index (κ3) is 2.34. The molecule has 1 aromatic rings. The highest BCUT2D eigenvalue weighted by molar-refractivity contribution is 6.90. The topological polar surface area (TPSA) is 20.2 Å². The third-order valence-corrected chi connectivity index (χ3v) is 6.03. The minimum Gasteiger partial charge on any atom is -0.397 e. The van der Waals surface area contributed by atoms with Crippen LogP contribution in [-0.4, -0.2) is 19.8 Å². The molecule has 0 radical (unpaired) electrons. The summed E-state index contributed by atoms with van der Waals surface area (Å²) in [5.74, 6) is 0. The number of benzene rings is 1. The molecule has 0 bridgehead atoms. The number of hydrogen-bond acceptors (Lipinski definition) is 1. The molecule has 0 aliphatic heterocycles. The highest BCUT2D eigenvalue weighted by Crippen LogP contribution is 2.12. The van der Waals surface area contributed by atoms with Crippen molar-refractivity contribution in [2.24, 2.45) is 0 Å². The second kappa shape index (κ2) is 4.58. The van der Waals surface area contributed by atoms with Crippen LogP contribution in [-0.2, 0) is 0 Å². The van der Waals surface area contributed by atoms with Crippen molar-refractivity contribution in [3.05, 3.63) is 36.4 Å². The molecule has 1 aromatic carbocycles. The lowest BCUT2D eigenvalue weighted by molar-refractivity contribution is 0.317. The number of rotatable bonds is 4. The highest BCUT2D eigenvalue weighted by atomic mass is 28.3. The fourth-order valence-electron chi connectivity index (χ4n) is 1.71. The Labute approximate surface area is 87.1 Å². The molecule has 0 aromatic heterocycles. The molecule has 1 nitrogen and oxygen atoms in total. The van der Waals surface area contributed by atoms with E-state index in [1.807, 2.05) is 12.1 Å². The summed E-state index contributed by atoms with van der Waals surface area (Å²) in [4.78, 5) is 0. The molecule has 0 amide bonds. The molecule has 0 fully saturated rings. The lowest BCUT2D eigenvalue weighted by Crippen LogP contribution is -2.43. The van der Waals surface area contributed by atoms with E-state index in [0.717, 1.165) is 6.04 Å². The summed E-state index contributed by atoms with van der Waals surface area (Å²) in [7, 11) is -1.47. The average molecular weight is 206 g/mol. The third-order valence-electron chi connectivity index (χ3n) is 2.65. The van der Waals surface area contributed by atoms with E-state index in [4.69, 9.17) is 5.11 Å². The van der Waals surface area contributed by atoms with Crippen molar-refractivity contribution < 1.29 is 5.11 Å². The van der Waals surface area contributed by atoms with Crippen LogP contribution in [0.5, 0.6) is 0 Å². The van der Waals surface area contributed by atoms with Crippen LogP contribution in [0.25, 0.3) is 6.08 Å². The Morgan fingerprint density at radius 3 is 2.57 bits per heavy atom. The summed E-state index contributed by atoms with van der Waals surface area (Å²) in [6.07, 6.45) is 1.90. The van der Waals surface area contributed by atoms with E-state index in [1.165, 1.54) is 10.8 Å². The molecule has 0 spiro atoms. The fourth-order valence-corrected chi connectivity index (χ4v) is 4.05. The minimum atomic E-state index is -1.47. The van der Waals surface area contributed by atoms with Crippen molar-refractivity contribution in [1.82, 2.24) is 0 Å². The second-order valence-corrected chi connectivity index (χ2v) is 8.96. The summed E-state index contributed by atoms with van der Waals surface area (Å²) >= 11 is 0. The molecule has 0 atom stereocenters. The first-order valence-corrected chi connectivity index (χ1v) is 8.15. The Kier molecular flexibility index (Phi) is 3.67. The van der Waals surface area contributed by atoms with Crippen LogP contribution in [0.3, 0.4) is 0 Å². The van der Waals surface area contributed by atoms with E-state index < -0.39 is 8.07 Å². The monoisotopic (exact) mass is 206 g/mol. The van der Waals surface area contributed by atoms with Gasteiger partial charge in [0, 0.05) is 6.61 Å². The predicted octanol–water partition coefficient (Wildman–Crippen LogP) is 2.24. The molecule has 0 saturated carbocycles. The molecule has 1 rings (SSSR count). The maximum absolute atomic E-state index is 9.04. The smallest absolute Gasteiger partial charge is 0.0836 e. The van der Waals surface area contributed by atoms with Crippen molar-refractivity contribution in [2.45, 2.75) is 19.1 Å². The lowest BCUT2D eigenvalue weighted by Gasteiger charge is -2.23. The van der Waals surface area contributed by atoms with Crippen LogP contribution < -0.4 is 5.19 Å². The van der Waals surface area contributed by atoms with Gasteiger partial charge in [-0.25, -0.2) is 0 Å². The van der Waals surface area contributed by atoms with Crippen molar-refractivity contribution >= 4 is 19.3 Å². The van der Waals surface area contributed by atoms with Crippen LogP contribution in [0.15, 0.2) is 30.8 Å². The van der Waals surface area contributed by atoms with E-state index in [-0.39, 0.29) is 6.61 Å². The van der Waals surface area contributed by atoms with Gasteiger partial charge in [-0.2, -0.15) is 0 Å².